The van der Waals surface area contributed by atoms with Crippen LogP contribution < -0.4 is 5.32 Å². The van der Waals surface area contributed by atoms with Gasteiger partial charge in [-0.2, -0.15) is 0 Å². The Morgan fingerprint density at radius 2 is 2.27 bits per heavy atom. The van der Waals surface area contributed by atoms with Crippen LogP contribution >= 0.6 is 23.1 Å². The minimum atomic E-state index is -0.441. The molecule has 0 saturated carbocycles. The topological polar surface area (TPSA) is 84.4 Å². The molecule has 1 atom stereocenters. The van der Waals surface area contributed by atoms with Gasteiger partial charge in [0.15, 0.2) is 4.34 Å². The Hall–Kier alpha value is -1.35. The molecule has 1 fully saturated rings. The maximum absolute atomic E-state index is 12.4. The van der Waals surface area contributed by atoms with Crippen molar-refractivity contribution in [1.29, 1.82) is 0 Å². The predicted molar refractivity (Wildman–Crippen MR) is 86.2 cm³/mol. The van der Waals surface area contributed by atoms with Crippen molar-refractivity contribution in [2.45, 2.75) is 36.6 Å². The summed E-state index contributed by atoms with van der Waals surface area (Å²) in [5, 5.41) is 11.6. The maximum Gasteiger partial charge on any atom is 0.328 e. The molecule has 1 amide bonds. The zero-order chi connectivity index (χ0) is 15.9. The van der Waals surface area contributed by atoms with Crippen LogP contribution in [0.2, 0.25) is 0 Å². The van der Waals surface area contributed by atoms with Crippen molar-refractivity contribution in [1.82, 2.24) is 15.1 Å². The fourth-order valence-electron chi connectivity index (χ4n) is 2.29. The van der Waals surface area contributed by atoms with Gasteiger partial charge in [0.25, 0.3) is 0 Å². The van der Waals surface area contributed by atoms with E-state index in [-0.39, 0.29) is 17.6 Å². The summed E-state index contributed by atoms with van der Waals surface area (Å²) < 4.78 is 5.81. The highest BCUT2D eigenvalue weighted by Gasteiger charge is 2.33. The van der Waals surface area contributed by atoms with Crippen LogP contribution in [-0.4, -0.2) is 59.0 Å². The van der Waals surface area contributed by atoms with Crippen LogP contribution in [0.4, 0.5) is 5.13 Å². The summed E-state index contributed by atoms with van der Waals surface area (Å²) in [7, 11) is 1.78. The van der Waals surface area contributed by atoms with Crippen molar-refractivity contribution in [3.05, 3.63) is 0 Å². The second kappa shape index (κ2) is 8.33. The molecule has 0 unspecified atom stereocenters. The van der Waals surface area contributed by atoms with E-state index in [0.717, 1.165) is 22.3 Å². The number of aromatic nitrogens is 2. The third-order valence-corrected chi connectivity index (χ3v) is 5.38. The number of hydrogen-bond donors (Lipinski definition) is 1. The van der Waals surface area contributed by atoms with E-state index < -0.39 is 6.04 Å². The van der Waals surface area contributed by atoms with Gasteiger partial charge < -0.3 is 15.0 Å². The van der Waals surface area contributed by atoms with Gasteiger partial charge in [0.1, 0.15) is 6.04 Å². The van der Waals surface area contributed by atoms with E-state index in [9.17, 15) is 9.59 Å². The van der Waals surface area contributed by atoms with E-state index in [4.69, 9.17) is 4.74 Å². The lowest BCUT2D eigenvalue weighted by Gasteiger charge is -2.33. The Morgan fingerprint density at radius 1 is 1.45 bits per heavy atom. The Balaban J connectivity index is 1.92. The number of ether oxygens (including phenoxy) is 1. The highest BCUT2D eigenvalue weighted by atomic mass is 32.2. The van der Waals surface area contributed by atoms with E-state index >= 15 is 0 Å². The second-order valence-corrected chi connectivity index (χ2v) is 6.96. The molecule has 0 aromatic carbocycles. The summed E-state index contributed by atoms with van der Waals surface area (Å²) >= 11 is 2.75. The monoisotopic (exact) mass is 344 g/mol. The summed E-state index contributed by atoms with van der Waals surface area (Å²) in [6.45, 7) is 2.72. The number of esters is 1. The van der Waals surface area contributed by atoms with Crippen LogP contribution in [0, 0.1) is 0 Å². The molecule has 0 spiro atoms. The molecule has 0 radical (unpaired) electrons. The van der Waals surface area contributed by atoms with Crippen LogP contribution in [-0.2, 0) is 14.3 Å². The smallest absolute Gasteiger partial charge is 0.328 e. The lowest BCUT2D eigenvalue weighted by molar-refractivity contribution is -0.155. The van der Waals surface area contributed by atoms with E-state index in [1.54, 1.807) is 18.9 Å². The van der Waals surface area contributed by atoms with Gasteiger partial charge in [-0.15, -0.1) is 10.2 Å². The number of carbonyl (C=O) groups excluding carboxylic acids is 2. The Kier molecular flexibility index (Phi) is 6.44. The Morgan fingerprint density at radius 3 is 2.95 bits per heavy atom. The number of piperidine rings is 1. The van der Waals surface area contributed by atoms with E-state index in [1.807, 2.05) is 0 Å². The molecule has 0 bridgehead atoms. The molecule has 1 saturated heterocycles. The van der Waals surface area contributed by atoms with Crippen molar-refractivity contribution >= 4 is 40.1 Å². The molecule has 9 heteroatoms. The van der Waals surface area contributed by atoms with Crippen LogP contribution in [0.15, 0.2) is 4.34 Å². The minimum Gasteiger partial charge on any atom is -0.464 e. The summed E-state index contributed by atoms with van der Waals surface area (Å²) in [6.07, 6.45) is 2.55. The van der Waals surface area contributed by atoms with Crippen molar-refractivity contribution in [3.8, 4) is 0 Å². The quantitative estimate of drug-likeness (QED) is 0.620. The number of rotatable bonds is 6. The Labute approximate surface area is 137 Å². The van der Waals surface area contributed by atoms with Gasteiger partial charge in [-0.1, -0.05) is 23.1 Å². The van der Waals surface area contributed by atoms with Crippen molar-refractivity contribution in [3.63, 3.8) is 0 Å². The molecule has 1 aromatic rings. The highest BCUT2D eigenvalue weighted by molar-refractivity contribution is 8.01. The predicted octanol–water partition coefficient (Wildman–Crippen LogP) is 1.62. The molecule has 1 aliphatic heterocycles. The molecule has 1 N–H and O–H groups in total. The van der Waals surface area contributed by atoms with Crippen molar-refractivity contribution in [2.75, 3.05) is 31.3 Å². The molecule has 122 valence electrons. The van der Waals surface area contributed by atoms with Gasteiger partial charge in [0.2, 0.25) is 11.0 Å². The molecule has 2 rings (SSSR count). The van der Waals surface area contributed by atoms with Crippen molar-refractivity contribution < 1.29 is 14.3 Å². The number of carbonyl (C=O) groups is 2. The first kappa shape index (κ1) is 17.0. The first-order valence-corrected chi connectivity index (χ1v) is 9.06. The number of nitrogens with zero attached hydrogens (tertiary/aromatic N) is 3. The SMILES string of the molecule is CCOC(=O)[C@H]1CCCCN1C(=O)CSc1nnc(NC)s1. The van der Waals surface area contributed by atoms with E-state index in [1.165, 1.54) is 23.1 Å². The van der Waals surface area contributed by atoms with E-state index in [2.05, 4.69) is 15.5 Å². The maximum atomic E-state index is 12.4. The summed E-state index contributed by atoms with van der Waals surface area (Å²) in [5.74, 6) is -0.0910. The van der Waals surface area contributed by atoms with Gasteiger partial charge in [-0.25, -0.2) is 4.79 Å². The average molecular weight is 344 g/mol. The van der Waals surface area contributed by atoms with Gasteiger partial charge in [0, 0.05) is 13.6 Å². The fourth-order valence-corrected chi connectivity index (χ4v) is 3.88. The lowest BCUT2D eigenvalue weighted by atomic mass is 10.0. The molecule has 22 heavy (non-hydrogen) atoms. The third-order valence-electron chi connectivity index (χ3n) is 3.32. The first-order chi connectivity index (χ1) is 10.7. The molecule has 1 aromatic heterocycles. The van der Waals surface area contributed by atoms with Gasteiger partial charge in [-0.3, -0.25) is 4.79 Å². The largest absolute Gasteiger partial charge is 0.464 e. The van der Waals surface area contributed by atoms with Crippen molar-refractivity contribution in [2.24, 2.45) is 0 Å². The highest BCUT2D eigenvalue weighted by Crippen LogP contribution is 2.26. The summed E-state index contributed by atoms with van der Waals surface area (Å²) in [4.78, 5) is 26.0. The number of thioether (sulfide) groups is 1. The zero-order valence-electron chi connectivity index (χ0n) is 12.7. The molecular formula is C13H20N4O3S2. The average Bonchev–Trinajstić information content (AvgIpc) is 3.01. The van der Waals surface area contributed by atoms with Crippen LogP contribution in [0.25, 0.3) is 0 Å². The molecule has 0 aliphatic carbocycles. The first-order valence-electron chi connectivity index (χ1n) is 7.25. The van der Waals surface area contributed by atoms with Crippen LogP contribution in [0.1, 0.15) is 26.2 Å². The number of likely N-dealkylation sites (tertiary alicyclic amines) is 1. The summed E-state index contributed by atoms with van der Waals surface area (Å²) in [5.41, 5.74) is 0. The van der Waals surface area contributed by atoms with Crippen LogP contribution in [0.5, 0.6) is 0 Å². The normalized spacial score (nSPS) is 18.1. The zero-order valence-corrected chi connectivity index (χ0v) is 14.3. The minimum absolute atomic E-state index is 0.0519. The standard InChI is InChI=1S/C13H20N4O3S2/c1-3-20-11(19)9-6-4-5-7-17(9)10(18)8-21-13-16-15-12(14-2)22-13/h9H,3-8H2,1-2H3,(H,14,15)/t9-/m1/s1. The third kappa shape index (κ3) is 4.33. The molecule has 2 heterocycles. The number of anilines is 1. The van der Waals surface area contributed by atoms with Crippen LogP contribution in [0.3, 0.4) is 0 Å². The molecular weight excluding hydrogens is 324 g/mol. The number of nitrogens with one attached hydrogen (secondary N) is 1. The number of amides is 1. The lowest BCUT2D eigenvalue weighted by Crippen LogP contribution is -2.49. The van der Waals surface area contributed by atoms with Gasteiger partial charge in [-0.05, 0) is 26.2 Å². The van der Waals surface area contributed by atoms with E-state index in [0.29, 0.717) is 19.6 Å². The number of hydrogen-bond acceptors (Lipinski definition) is 8. The Bertz CT molecular complexity index is 523. The summed E-state index contributed by atoms with van der Waals surface area (Å²) in [6, 6.07) is -0.441. The fraction of sp³-hybridized carbons (Fsp3) is 0.692. The molecule has 7 nitrogen and oxygen atoms in total. The van der Waals surface area contributed by atoms with Gasteiger partial charge in [0.05, 0.1) is 12.4 Å². The molecule has 1 aliphatic rings. The second-order valence-electron chi connectivity index (χ2n) is 4.76. The van der Waals surface area contributed by atoms with Gasteiger partial charge >= 0.3 is 5.97 Å².